The number of anilines is 1. The standard InChI is InChI=1S/C9H10FN.ClH/c10-7-1-3-8(4-2-7)11-9-5-6-9;/h1-4,9,11H,5-6H2;1H. The zero-order chi connectivity index (χ0) is 7.68. The number of halogens is 2. The van der Waals surface area contributed by atoms with Crippen molar-refractivity contribution in [2.75, 3.05) is 5.32 Å². The van der Waals surface area contributed by atoms with Gasteiger partial charge in [-0.2, -0.15) is 0 Å². The van der Waals surface area contributed by atoms with Crippen LogP contribution in [0.2, 0.25) is 0 Å². The van der Waals surface area contributed by atoms with E-state index >= 15 is 0 Å². The van der Waals surface area contributed by atoms with Gasteiger partial charge in [-0.15, -0.1) is 12.4 Å². The predicted octanol–water partition coefficient (Wildman–Crippen LogP) is 2.82. The van der Waals surface area contributed by atoms with Gasteiger partial charge in [0.2, 0.25) is 0 Å². The van der Waals surface area contributed by atoms with E-state index in [1.807, 2.05) is 0 Å². The predicted molar refractivity (Wildman–Crippen MR) is 50.3 cm³/mol. The average Bonchev–Trinajstić information content (AvgIpc) is 2.78. The molecule has 1 aliphatic carbocycles. The second-order valence-electron chi connectivity index (χ2n) is 2.93. The topological polar surface area (TPSA) is 12.0 Å². The summed E-state index contributed by atoms with van der Waals surface area (Å²) < 4.78 is 12.4. The maximum absolute atomic E-state index is 12.4. The summed E-state index contributed by atoms with van der Waals surface area (Å²) in [6.45, 7) is 0. The zero-order valence-electron chi connectivity index (χ0n) is 6.59. The Morgan fingerprint density at radius 3 is 2.25 bits per heavy atom. The summed E-state index contributed by atoms with van der Waals surface area (Å²) in [5.41, 5.74) is 1.02. The van der Waals surface area contributed by atoms with E-state index in [4.69, 9.17) is 0 Å². The van der Waals surface area contributed by atoms with Crippen molar-refractivity contribution < 1.29 is 4.39 Å². The Labute approximate surface area is 77.4 Å². The molecule has 1 aromatic carbocycles. The molecule has 2 rings (SSSR count). The molecule has 66 valence electrons. The van der Waals surface area contributed by atoms with Crippen molar-refractivity contribution in [2.45, 2.75) is 18.9 Å². The van der Waals surface area contributed by atoms with Crippen molar-refractivity contribution in [3.63, 3.8) is 0 Å². The third kappa shape index (κ3) is 2.38. The van der Waals surface area contributed by atoms with Crippen LogP contribution in [0.1, 0.15) is 12.8 Å². The molecule has 0 radical (unpaired) electrons. The van der Waals surface area contributed by atoms with Gasteiger partial charge < -0.3 is 5.32 Å². The van der Waals surface area contributed by atoms with Crippen LogP contribution in [0, 0.1) is 5.82 Å². The lowest BCUT2D eigenvalue weighted by molar-refractivity contribution is 0.628. The molecule has 1 N–H and O–H groups in total. The highest BCUT2D eigenvalue weighted by molar-refractivity contribution is 5.85. The van der Waals surface area contributed by atoms with Crippen LogP contribution >= 0.6 is 12.4 Å². The number of nitrogens with one attached hydrogen (secondary N) is 1. The molecular weight excluding hydrogens is 177 g/mol. The fraction of sp³-hybridized carbons (Fsp3) is 0.333. The normalized spacial score (nSPS) is 15.1. The van der Waals surface area contributed by atoms with Gasteiger partial charge in [0, 0.05) is 11.7 Å². The SMILES string of the molecule is Cl.Fc1ccc(NC2CC2)cc1. The molecule has 0 aromatic heterocycles. The molecule has 0 saturated heterocycles. The molecule has 1 nitrogen and oxygen atoms in total. The maximum atomic E-state index is 12.4. The van der Waals surface area contributed by atoms with Gasteiger partial charge in [0.1, 0.15) is 5.82 Å². The van der Waals surface area contributed by atoms with Crippen LogP contribution in [-0.4, -0.2) is 6.04 Å². The maximum Gasteiger partial charge on any atom is 0.123 e. The number of rotatable bonds is 2. The highest BCUT2D eigenvalue weighted by atomic mass is 35.5. The molecule has 0 amide bonds. The summed E-state index contributed by atoms with van der Waals surface area (Å²) in [5.74, 6) is -0.175. The van der Waals surface area contributed by atoms with Gasteiger partial charge in [0.05, 0.1) is 0 Å². The quantitative estimate of drug-likeness (QED) is 0.751. The first-order chi connectivity index (χ1) is 5.34. The van der Waals surface area contributed by atoms with Crippen LogP contribution in [0.3, 0.4) is 0 Å². The Kier molecular flexibility index (Phi) is 2.93. The fourth-order valence-electron chi connectivity index (χ4n) is 1.01. The highest BCUT2D eigenvalue weighted by Crippen LogP contribution is 2.24. The van der Waals surface area contributed by atoms with Crippen molar-refractivity contribution in [3.8, 4) is 0 Å². The van der Waals surface area contributed by atoms with E-state index in [1.165, 1.54) is 25.0 Å². The van der Waals surface area contributed by atoms with Gasteiger partial charge >= 0.3 is 0 Å². The van der Waals surface area contributed by atoms with Gasteiger partial charge in [0.15, 0.2) is 0 Å². The largest absolute Gasteiger partial charge is 0.382 e. The first-order valence-electron chi connectivity index (χ1n) is 3.87. The summed E-state index contributed by atoms with van der Waals surface area (Å²) in [5, 5.41) is 3.28. The van der Waals surface area contributed by atoms with Crippen LogP contribution in [-0.2, 0) is 0 Å². The third-order valence-electron chi connectivity index (χ3n) is 1.79. The Bertz CT molecular complexity index is 243. The minimum absolute atomic E-state index is 0. The first-order valence-corrected chi connectivity index (χ1v) is 3.87. The molecule has 12 heavy (non-hydrogen) atoms. The van der Waals surface area contributed by atoms with Crippen molar-refractivity contribution >= 4 is 18.1 Å². The molecule has 3 heteroatoms. The number of hydrogen-bond acceptors (Lipinski definition) is 1. The van der Waals surface area contributed by atoms with Gasteiger partial charge in [-0.05, 0) is 37.1 Å². The van der Waals surface area contributed by atoms with E-state index in [-0.39, 0.29) is 18.2 Å². The van der Waals surface area contributed by atoms with E-state index in [0.717, 1.165) is 5.69 Å². The molecule has 0 aliphatic heterocycles. The van der Waals surface area contributed by atoms with Gasteiger partial charge in [-0.1, -0.05) is 0 Å². The first kappa shape index (κ1) is 9.33. The molecule has 1 aromatic rings. The molecular formula is C9H11ClFN. The van der Waals surface area contributed by atoms with Crippen molar-refractivity contribution in [1.82, 2.24) is 0 Å². The van der Waals surface area contributed by atoms with Crippen molar-refractivity contribution in [2.24, 2.45) is 0 Å². The summed E-state index contributed by atoms with van der Waals surface area (Å²) in [4.78, 5) is 0. The van der Waals surface area contributed by atoms with Crippen LogP contribution in [0.4, 0.5) is 10.1 Å². The number of benzene rings is 1. The van der Waals surface area contributed by atoms with Gasteiger partial charge in [-0.3, -0.25) is 0 Å². The lowest BCUT2D eigenvalue weighted by atomic mass is 10.3. The molecule has 0 unspecified atom stereocenters. The summed E-state index contributed by atoms with van der Waals surface area (Å²) in [6.07, 6.45) is 2.49. The van der Waals surface area contributed by atoms with E-state index in [9.17, 15) is 4.39 Å². The monoisotopic (exact) mass is 187 g/mol. The fourth-order valence-corrected chi connectivity index (χ4v) is 1.01. The van der Waals surface area contributed by atoms with Gasteiger partial charge in [0.25, 0.3) is 0 Å². The summed E-state index contributed by atoms with van der Waals surface area (Å²) >= 11 is 0. The minimum Gasteiger partial charge on any atom is -0.382 e. The average molecular weight is 188 g/mol. The van der Waals surface area contributed by atoms with Crippen LogP contribution in [0.5, 0.6) is 0 Å². The van der Waals surface area contributed by atoms with Crippen LogP contribution < -0.4 is 5.32 Å². The lowest BCUT2D eigenvalue weighted by Crippen LogP contribution is -1.99. The Hall–Kier alpha value is -0.760. The van der Waals surface area contributed by atoms with E-state index in [0.29, 0.717) is 6.04 Å². The molecule has 1 aliphatic rings. The van der Waals surface area contributed by atoms with Crippen LogP contribution in [0.25, 0.3) is 0 Å². The summed E-state index contributed by atoms with van der Waals surface area (Å²) in [6, 6.07) is 7.14. The Morgan fingerprint density at radius 2 is 1.75 bits per heavy atom. The zero-order valence-corrected chi connectivity index (χ0v) is 7.40. The van der Waals surface area contributed by atoms with Crippen molar-refractivity contribution in [3.05, 3.63) is 30.1 Å². The lowest BCUT2D eigenvalue weighted by Gasteiger charge is -2.02. The summed E-state index contributed by atoms with van der Waals surface area (Å²) in [7, 11) is 0. The second kappa shape index (κ2) is 3.76. The highest BCUT2D eigenvalue weighted by Gasteiger charge is 2.20. The molecule has 0 bridgehead atoms. The van der Waals surface area contributed by atoms with E-state index in [1.54, 1.807) is 12.1 Å². The van der Waals surface area contributed by atoms with E-state index < -0.39 is 0 Å². The third-order valence-corrected chi connectivity index (χ3v) is 1.79. The molecule has 0 heterocycles. The second-order valence-corrected chi connectivity index (χ2v) is 2.93. The van der Waals surface area contributed by atoms with E-state index in [2.05, 4.69) is 5.32 Å². The Morgan fingerprint density at radius 1 is 1.17 bits per heavy atom. The molecule has 0 spiro atoms. The number of hydrogen-bond donors (Lipinski definition) is 1. The molecule has 1 fully saturated rings. The smallest absolute Gasteiger partial charge is 0.123 e. The van der Waals surface area contributed by atoms with Crippen LogP contribution in [0.15, 0.2) is 24.3 Å². The van der Waals surface area contributed by atoms with Gasteiger partial charge in [-0.25, -0.2) is 4.39 Å². The minimum atomic E-state index is -0.175. The Balaban J connectivity index is 0.000000720. The molecule has 0 atom stereocenters. The van der Waals surface area contributed by atoms with Crippen molar-refractivity contribution in [1.29, 1.82) is 0 Å². The molecule has 1 saturated carbocycles.